The molecule has 3 heteroatoms. The Morgan fingerprint density at radius 1 is 1.05 bits per heavy atom. The van der Waals surface area contributed by atoms with Crippen LogP contribution in [-0.2, 0) is 6.54 Å². The monoisotopic (exact) mass is 269 g/mol. The van der Waals surface area contributed by atoms with E-state index in [-0.39, 0.29) is 5.78 Å². The number of carbonyl (C=O) groups is 1. The molecule has 0 aliphatic carbocycles. The fourth-order valence-electron chi connectivity index (χ4n) is 1.95. The highest BCUT2D eigenvalue weighted by Gasteiger charge is 2.03. The van der Waals surface area contributed by atoms with Crippen LogP contribution in [0, 0.1) is 0 Å². The molecule has 104 valence electrons. The minimum atomic E-state index is 0.174. The zero-order valence-corrected chi connectivity index (χ0v) is 11.6. The van der Waals surface area contributed by atoms with E-state index in [1.807, 2.05) is 54.6 Å². The molecule has 20 heavy (non-hydrogen) atoms. The van der Waals surface area contributed by atoms with E-state index >= 15 is 0 Å². The average molecular weight is 269 g/mol. The minimum absolute atomic E-state index is 0.174. The van der Waals surface area contributed by atoms with Crippen LogP contribution in [0.25, 0.3) is 0 Å². The second-order valence-electron chi connectivity index (χ2n) is 4.56. The van der Waals surface area contributed by atoms with Gasteiger partial charge in [-0.25, -0.2) is 0 Å². The molecule has 0 spiro atoms. The Hall–Kier alpha value is -2.13. The Balaban J connectivity index is 1.72. The highest BCUT2D eigenvalue weighted by Crippen LogP contribution is 2.11. The zero-order valence-electron chi connectivity index (χ0n) is 11.6. The van der Waals surface area contributed by atoms with Crippen molar-refractivity contribution in [2.45, 2.75) is 13.0 Å². The Kier molecular flexibility index (Phi) is 5.33. The predicted octanol–water partition coefficient (Wildman–Crippen LogP) is 3.06. The van der Waals surface area contributed by atoms with Gasteiger partial charge in [-0.05, 0) is 17.7 Å². The van der Waals surface area contributed by atoms with Crippen molar-refractivity contribution in [3.63, 3.8) is 0 Å². The van der Waals surface area contributed by atoms with Gasteiger partial charge in [0.1, 0.15) is 5.75 Å². The van der Waals surface area contributed by atoms with Gasteiger partial charge < -0.3 is 10.1 Å². The summed E-state index contributed by atoms with van der Waals surface area (Å²) in [6.45, 7) is 1.44. The van der Waals surface area contributed by atoms with Crippen molar-refractivity contribution in [3.8, 4) is 5.75 Å². The Labute approximate surface area is 119 Å². The quantitative estimate of drug-likeness (QED) is 0.620. The van der Waals surface area contributed by atoms with E-state index < -0.39 is 0 Å². The fraction of sp³-hybridized carbons (Fsp3) is 0.235. The maximum atomic E-state index is 11.9. The number of ether oxygens (including phenoxy) is 1. The molecular formula is C17H19NO2. The van der Waals surface area contributed by atoms with Gasteiger partial charge in [0, 0.05) is 25.1 Å². The molecule has 2 rings (SSSR count). The van der Waals surface area contributed by atoms with Crippen LogP contribution in [0.4, 0.5) is 0 Å². The lowest BCUT2D eigenvalue weighted by molar-refractivity contribution is 0.0982. The molecule has 0 fully saturated rings. The first-order chi connectivity index (χ1) is 9.79. The van der Waals surface area contributed by atoms with Gasteiger partial charge in [-0.2, -0.15) is 0 Å². The molecule has 1 N–H and O–H groups in total. The molecular weight excluding hydrogens is 250 g/mol. The molecule has 0 saturated carbocycles. The molecule has 0 radical (unpaired) electrons. The summed E-state index contributed by atoms with van der Waals surface area (Å²) in [5.74, 6) is 1.03. The first-order valence-electron chi connectivity index (χ1n) is 6.71. The number of rotatable bonds is 7. The first kappa shape index (κ1) is 14.3. The molecule has 0 unspecified atom stereocenters. The summed E-state index contributed by atoms with van der Waals surface area (Å²) in [6, 6.07) is 17.3. The lowest BCUT2D eigenvalue weighted by Gasteiger charge is -2.06. The Morgan fingerprint density at radius 3 is 2.40 bits per heavy atom. The summed E-state index contributed by atoms with van der Waals surface area (Å²) < 4.78 is 5.11. The highest BCUT2D eigenvalue weighted by molar-refractivity contribution is 5.96. The Bertz CT molecular complexity index is 535. The summed E-state index contributed by atoms with van der Waals surface area (Å²) >= 11 is 0. The van der Waals surface area contributed by atoms with Crippen molar-refractivity contribution < 1.29 is 9.53 Å². The third-order valence-corrected chi connectivity index (χ3v) is 3.11. The smallest absolute Gasteiger partial charge is 0.164 e. The van der Waals surface area contributed by atoms with E-state index in [0.29, 0.717) is 13.0 Å². The van der Waals surface area contributed by atoms with Gasteiger partial charge in [0.2, 0.25) is 0 Å². The number of nitrogens with one attached hydrogen (secondary N) is 1. The largest absolute Gasteiger partial charge is 0.497 e. The van der Waals surface area contributed by atoms with Crippen LogP contribution in [-0.4, -0.2) is 19.4 Å². The number of carbonyl (C=O) groups excluding carboxylic acids is 1. The SMILES string of the molecule is COc1ccc(CNCCC(=O)c2ccccc2)cc1. The highest BCUT2D eigenvalue weighted by atomic mass is 16.5. The van der Waals surface area contributed by atoms with Crippen molar-refractivity contribution in [1.29, 1.82) is 0 Å². The van der Waals surface area contributed by atoms with E-state index in [1.165, 1.54) is 5.56 Å². The number of hydrogen-bond donors (Lipinski definition) is 1. The van der Waals surface area contributed by atoms with Crippen molar-refractivity contribution in [2.24, 2.45) is 0 Å². The molecule has 0 saturated heterocycles. The number of hydrogen-bond acceptors (Lipinski definition) is 3. The lowest BCUT2D eigenvalue weighted by Crippen LogP contribution is -2.17. The van der Waals surface area contributed by atoms with E-state index in [4.69, 9.17) is 4.74 Å². The Morgan fingerprint density at radius 2 is 1.75 bits per heavy atom. The van der Waals surface area contributed by atoms with Crippen molar-refractivity contribution in [1.82, 2.24) is 5.32 Å². The molecule has 0 amide bonds. The van der Waals surface area contributed by atoms with Crippen molar-refractivity contribution >= 4 is 5.78 Å². The minimum Gasteiger partial charge on any atom is -0.497 e. The first-order valence-corrected chi connectivity index (χ1v) is 6.71. The molecule has 0 aliphatic heterocycles. The summed E-state index contributed by atoms with van der Waals surface area (Å²) in [6.07, 6.45) is 0.514. The van der Waals surface area contributed by atoms with Gasteiger partial charge in [0.05, 0.1) is 7.11 Å². The molecule has 2 aromatic carbocycles. The van der Waals surface area contributed by atoms with Gasteiger partial charge in [-0.3, -0.25) is 4.79 Å². The standard InChI is InChI=1S/C17H19NO2/c1-20-16-9-7-14(8-10-16)13-18-12-11-17(19)15-5-3-2-4-6-15/h2-10,18H,11-13H2,1H3. The van der Waals surface area contributed by atoms with Gasteiger partial charge >= 0.3 is 0 Å². The summed E-state index contributed by atoms with van der Waals surface area (Å²) in [7, 11) is 1.66. The number of methoxy groups -OCH3 is 1. The van der Waals surface area contributed by atoms with Gasteiger partial charge in [0.25, 0.3) is 0 Å². The van der Waals surface area contributed by atoms with Crippen LogP contribution in [0.3, 0.4) is 0 Å². The number of Topliss-reactive ketones (excluding diaryl/α,β-unsaturated/α-hetero) is 1. The van der Waals surface area contributed by atoms with E-state index in [1.54, 1.807) is 7.11 Å². The molecule has 0 heterocycles. The van der Waals surface area contributed by atoms with Crippen LogP contribution in [0.5, 0.6) is 5.75 Å². The van der Waals surface area contributed by atoms with Crippen molar-refractivity contribution in [2.75, 3.05) is 13.7 Å². The molecule has 0 aromatic heterocycles. The fourth-order valence-corrected chi connectivity index (χ4v) is 1.95. The maximum absolute atomic E-state index is 11.9. The van der Waals surface area contributed by atoms with Crippen LogP contribution < -0.4 is 10.1 Å². The van der Waals surface area contributed by atoms with Crippen LogP contribution in [0.1, 0.15) is 22.3 Å². The van der Waals surface area contributed by atoms with Gasteiger partial charge in [-0.1, -0.05) is 42.5 Å². The molecule has 2 aromatic rings. The normalized spacial score (nSPS) is 10.2. The third-order valence-electron chi connectivity index (χ3n) is 3.11. The topological polar surface area (TPSA) is 38.3 Å². The number of ketones is 1. The van der Waals surface area contributed by atoms with Crippen molar-refractivity contribution in [3.05, 3.63) is 65.7 Å². The van der Waals surface area contributed by atoms with E-state index in [0.717, 1.165) is 17.9 Å². The summed E-state index contributed by atoms with van der Waals surface area (Å²) in [5.41, 5.74) is 1.96. The van der Waals surface area contributed by atoms with E-state index in [2.05, 4.69) is 5.32 Å². The number of benzene rings is 2. The lowest BCUT2D eigenvalue weighted by atomic mass is 10.1. The van der Waals surface area contributed by atoms with Gasteiger partial charge in [0.15, 0.2) is 5.78 Å². The van der Waals surface area contributed by atoms with Crippen LogP contribution in [0.15, 0.2) is 54.6 Å². The summed E-state index contributed by atoms with van der Waals surface area (Å²) in [5, 5.41) is 3.28. The third kappa shape index (κ3) is 4.21. The zero-order chi connectivity index (χ0) is 14.2. The maximum Gasteiger partial charge on any atom is 0.164 e. The second-order valence-corrected chi connectivity index (χ2v) is 4.56. The van der Waals surface area contributed by atoms with Crippen LogP contribution in [0.2, 0.25) is 0 Å². The average Bonchev–Trinajstić information content (AvgIpc) is 2.53. The van der Waals surface area contributed by atoms with E-state index in [9.17, 15) is 4.79 Å². The molecule has 0 atom stereocenters. The molecule has 3 nitrogen and oxygen atoms in total. The van der Waals surface area contributed by atoms with Gasteiger partial charge in [-0.15, -0.1) is 0 Å². The summed E-state index contributed by atoms with van der Waals surface area (Å²) in [4.78, 5) is 11.9. The molecule has 0 aliphatic rings. The second kappa shape index (κ2) is 7.46. The predicted molar refractivity (Wildman–Crippen MR) is 80.1 cm³/mol. The van der Waals surface area contributed by atoms with Crippen LogP contribution >= 0.6 is 0 Å². The molecule has 0 bridgehead atoms.